The summed E-state index contributed by atoms with van der Waals surface area (Å²) in [6, 6.07) is 5.23. The number of nitrogens with two attached hydrogens (primary N) is 1. The normalized spacial score (nSPS) is 16.6. The van der Waals surface area contributed by atoms with E-state index < -0.39 is 0 Å². The van der Waals surface area contributed by atoms with Crippen molar-refractivity contribution >= 4 is 12.4 Å². The standard InChI is InChI=1S/C15H23NO2.ClH/c1-15(2,3)18-11-6-7-14(17)12(9-11)13(16)8-10-4-5-10;/h6-7,9-10,13,17H,4-5,8,16H2,1-3H3;1H/t13-;/m1./s1. The van der Waals surface area contributed by atoms with Crippen LogP contribution in [-0.2, 0) is 0 Å². The number of hydrogen-bond donors (Lipinski definition) is 2. The highest BCUT2D eigenvalue weighted by Gasteiger charge is 2.26. The number of hydrogen-bond acceptors (Lipinski definition) is 3. The molecule has 0 bridgehead atoms. The van der Waals surface area contributed by atoms with Crippen LogP contribution in [0.25, 0.3) is 0 Å². The Labute approximate surface area is 121 Å². The van der Waals surface area contributed by atoms with Gasteiger partial charge < -0.3 is 15.6 Å². The maximum Gasteiger partial charge on any atom is 0.120 e. The van der Waals surface area contributed by atoms with Gasteiger partial charge in [-0.3, -0.25) is 0 Å². The first-order valence-electron chi connectivity index (χ1n) is 6.62. The summed E-state index contributed by atoms with van der Waals surface area (Å²) in [5.74, 6) is 1.78. The fraction of sp³-hybridized carbons (Fsp3) is 0.600. The number of phenols is 1. The molecule has 1 fully saturated rings. The van der Waals surface area contributed by atoms with E-state index >= 15 is 0 Å². The molecule has 108 valence electrons. The van der Waals surface area contributed by atoms with Crippen molar-refractivity contribution in [1.29, 1.82) is 0 Å². The molecule has 19 heavy (non-hydrogen) atoms. The van der Waals surface area contributed by atoms with Gasteiger partial charge in [-0.25, -0.2) is 0 Å². The van der Waals surface area contributed by atoms with Crippen molar-refractivity contribution in [2.45, 2.75) is 51.7 Å². The molecule has 1 aromatic carbocycles. The number of ether oxygens (including phenoxy) is 1. The minimum atomic E-state index is -0.241. The Balaban J connectivity index is 0.00000180. The first-order valence-corrected chi connectivity index (χ1v) is 6.62. The molecule has 1 atom stereocenters. The summed E-state index contributed by atoms with van der Waals surface area (Å²) in [4.78, 5) is 0. The van der Waals surface area contributed by atoms with Crippen LogP contribution in [0.3, 0.4) is 0 Å². The minimum absolute atomic E-state index is 0. The fourth-order valence-corrected chi connectivity index (χ4v) is 2.09. The summed E-state index contributed by atoms with van der Waals surface area (Å²) < 4.78 is 5.80. The molecule has 2 rings (SSSR count). The highest BCUT2D eigenvalue weighted by molar-refractivity contribution is 5.85. The van der Waals surface area contributed by atoms with E-state index in [1.54, 1.807) is 12.1 Å². The highest BCUT2D eigenvalue weighted by atomic mass is 35.5. The quantitative estimate of drug-likeness (QED) is 0.885. The van der Waals surface area contributed by atoms with Crippen LogP contribution in [0.1, 0.15) is 51.6 Å². The molecule has 1 aliphatic carbocycles. The lowest BCUT2D eigenvalue weighted by Crippen LogP contribution is -2.23. The van der Waals surface area contributed by atoms with Crippen molar-refractivity contribution in [3.05, 3.63) is 23.8 Å². The van der Waals surface area contributed by atoms with E-state index in [0.717, 1.165) is 23.7 Å². The Hall–Kier alpha value is -0.930. The van der Waals surface area contributed by atoms with Crippen LogP contribution in [0.5, 0.6) is 11.5 Å². The predicted octanol–water partition coefficient (Wildman–Crippen LogP) is 3.79. The summed E-state index contributed by atoms with van der Waals surface area (Å²) >= 11 is 0. The monoisotopic (exact) mass is 285 g/mol. The van der Waals surface area contributed by atoms with E-state index in [2.05, 4.69) is 0 Å². The van der Waals surface area contributed by atoms with Gasteiger partial charge in [-0.1, -0.05) is 12.8 Å². The van der Waals surface area contributed by atoms with Crippen LogP contribution >= 0.6 is 12.4 Å². The van der Waals surface area contributed by atoms with Gasteiger partial charge in [-0.15, -0.1) is 12.4 Å². The summed E-state index contributed by atoms with van der Waals surface area (Å²) in [6.07, 6.45) is 3.49. The van der Waals surface area contributed by atoms with Gasteiger partial charge in [0.25, 0.3) is 0 Å². The zero-order valence-corrected chi connectivity index (χ0v) is 12.7. The zero-order valence-electron chi connectivity index (χ0n) is 11.8. The van der Waals surface area contributed by atoms with E-state index in [-0.39, 0.29) is 29.8 Å². The van der Waals surface area contributed by atoms with E-state index in [1.807, 2.05) is 26.8 Å². The molecule has 0 amide bonds. The van der Waals surface area contributed by atoms with Crippen molar-refractivity contribution < 1.29 is 9.84 Å². The van der Waals surface area contributed by atoms with Gasteiger partial charge in [-0.2, -0.15) is 0 Å². The Morgan fingerprint density at radius 2 is 2.00 bits per heavy atom. The van der Waals surface area contributed by atoms with Crippen LogP contribution in [0, 0.1) is 5.92 Å². The molecule has 0 aromatic heterocycles. The third-order valence-corrected chi connectivity index (χ3v) is 3.11. The number of phenolic OH excluding ortho intramolecular Hbond substituents is 1. The Morgan fingerprint density at radius 3 is 2.53 bits per heavy atom. The van der Waals surface area contributed by atoms with Crippen molar-refractivity contribution in [2.24, 2.45) is 11.7 Å². The molecule has 3 N–H and O–H groups in total. The molecule has 1 aromatic rings. The molecule has 0 heterocycles. The van der Waals surface area contributed by atoms with E-state index in [4.69, 9.17) is 10.5 Å². The molecule has 4 heteroatoms. The molecule has 0 unspecified atom stereocenters. The summed E-state index contributed by atoms with van der Waals surface area (Å²) in [6.45, 7) is 6.01. The van der Waals surface area contributed by atoms with Crippen molar-refractivity contribution in [2.75, 3.05) is 0 Å². The first kappa shape index (κ1) is 16.1. The molecule has 0 radical (unpaired) electrons. The zero-order chi connectivity index (χ0) is 13.3. The number of aromatic hydroxyl groups is 1. The Bertz CT molecular complexity index is 425. The van der Waals surface area contributed by atoms with Gasteiger partial charge >= 0.3 is 0 Å². The van der Waals surface area contributed by atoms with Crippen molar-refractivity contribution in [3.63, 3.8) is 0 Å². The largest absolute Gasteiger partial charge is 0.508 e. The average Bonchev–Trinajstić information content (AvgIpc) is 3.02. The molecular weight excluding hydrogens is 262 g/mol. The van der Waals surface area contributed by atoms with Crippen molar-refractivity contribution in [1.82, 2.24) is 0 Å². The van der Waals surface area contributed by atoms with Gasteiger partial charge in [-0.05, 0) is 51.3 Å². The molecule has 0 saturated heterocycles. The third kappa shape index (κ3) is 4.92. The van der Waals surface area contributed by atoms with Gasteiger partial charge in [0.05, 0.1) is 0 Å². The first-order chi connectivity index (χ1) is 8.35. The Morgan fingerprint density at radius 1 is 1.37 bits per heavy atom. The van der Waals surface area contributed by atoms with Crippen LogP contribution in [-0.4, -0.2) is 10.7 Å². The van der Waals surface area contributed by atoms with Gasteiger partial charge in [0.1, 0.15) is 17.1 Å². The highest BCUT2D eigenvalue weighted by Crippen LogP contribution is 2.39. The number of halogens is 1. The molecule has 0 aliphatic heterocycles. The van der Waals surface area contributed by atoms with Gasteiger partial charge in [0.2, 0.25) is 0 Å². The topological polar surface area (TPSA) is 55.5 Å². The van der Waals surface area contributed by atoms with Gasteiger partial charge in [0.15, 0.2) is 0 Å². The molecule has 3 nitrogen and oxygen atoms in total. The summed E-state index contributed by atoms with van der Waals surface area (Å²) in [7, 11) is 0. The lowest BCUT2D eigenvalue weighted by molar-refractivity contribution is 0.130. The average molecular weight is 286 g/mol. The number of benzene rings is 1. The van der Waals surface area contributed by atoms with Crippen LogP contribution in [0.4, 0.5) is 0 Å². The van der Waals surface area contributed by atoms with E-state index in [9.17, 15) is 5.11 Å². The maximum absolute atomic E-state index is 9.90. The van der Waals surface area contributed by atoms with Gasteiger partial charge in [0, 0.05) is 11.6 Å². The van der Waals surface area contributed by atoms with Crippen LogP contribution in [0.2, 0.25) is 0 Å². The van der Waals surface area contributed by atoms with Crippen molar-refractivity contribution in [3.8, 4) is 11.5 Å². The van der Waals surface area contributed by atoms with Crippen LogP contribution < -0.4 is 10.5 Å². The second-order valence-corrected chi connectivity index (χ2v) is 6.22. The van der Waals surface area contributed by atoms with E-state index in [0.29, 0.717) is 0 Å². The minimum Gasteiger partial charge on any atom is -0.508 e. The van der Waals surface area contributed by atoms with E-state index in [1.165, 1.54) is 12.8 Å². The second kappa shape index (κ2) is 6.02. The predicted molar refractivity (Wildman–Crippen MR) is 80.0 cm³/mol. The summed E-state index contributed by atoms with van der Waals surface area (Å²) in [5.41, 5.74) is 6.71. The molecule has 1 aliphatic rings. The third-order valence-electron chi connectivity index (χ3n) is 3.11. The smallest absolute Gasteiger partial charge is 0.120 e. The second-order valence-electron chi connectivity index (χ2n) is 6.22. The molecular formula is C15H24ClNO2. The lowest BCUT2D eigenvalue weighted by atomic mass is 10.0. The number of rotatable bonds is 4. The summed E-state index contributed by atoms with van der Waals surface area (Å²) in [5, 5.41) is 9.90. The Kier molecular flexibility index (Phi) is 5.11. The maximum atomic E-state index is 9.90. The fourth-order valence-electron chi connectivity index (χ4n) is 2.09. The lowest BCUT2D eigenvalue weighted by Gasteiger charge is -2.22. The SMILES string of the molecule is CC(C)(C)Oc1ccc(O)c([C@H](N)CC2CC2)c1.Cl. The van der Waals surface area contributed by atoms with Crippen LogP contribution in [0.15, 0.2) is 18.2 Å². The molecule has 1 saturated carbocycles. The molecule has 0 spiro atoms.